The molecule has 0 saturated carbocycles. The standard InChI is InChI=1S/C28H36N12O14S4.4Na/c41-11-7-29-23-35-25(31-9-13-55(43,44)45)39-27(37-23)33-19-5-3-17(21(15-19)57(49,50)51)1-2-18-4-6-20(16-22(18)58(52,53)54)34-28-38-24(30-8-12-42)36-26(40-28)32-10-14-56(46,47)48;;;;/h1-6,15-16,41-42H,7-14H2,(H,43,44,45)(H,46,47,48)(H,49,50,51)(H,52,53,54)(H3,29,31,33,35,37,39)(H3,30,32,34,36,38,40);;;;/q;4*+1/p-4/b2-1+;;;;. The Bertz CT molecular complexity index is 2430. The van der Waals surface area contributed by atoms with Crippen molar-refractivity contribution in [3.05, 3.63) is 47.5 Å². The summed E-state index contributed by atoms with van der Waals surface area (Å²) in [4.78, 5) is 22.5. The summed E-state index contributed by atoms with van der Waals surface area (Å²) >= 11 is 0. The first-order valence-corrected chi connectivity index (χ1v) is 22.1. The molecule has 4 rings (SSSR count). The fourth-order valence-electron chi connectivity index (χ4n) is 4.46. The summed E-state index contributed by atoms with van der Waals surface area (Å²) in [5.41, 5.74) is -0.591. The van der Waals surface area contributed by atoms with Crippen molar-refractivity contribution in [3.8, 4) is 0 Å². The van der Waals surface area contributed by atoms with Gasteiger partial charge in [-0.25, -0.2) is 33.7 Å². The zero-order chi connectivity index (χ0) is 42.7. The van der Waals surface area contributed by atoms with E-state index in [0.717, 1.165) is 36.4 Å². The Morgan fingerprint density at radius 1 is 0.468 bits per heavy atom. The average molecular weight is 981 g/mol. The number of hydrogen-bond acceptors (Lipinski definition) is 26. The number of nitrogens with one attached hydrogen (secondary N) is 6. The third-order valence-corrected chi connectivity index (χ3v) is 10.0. The van der Waals surface area contributed by atoms with E-state index in [2.05, 4.69) is 61.8 Å². The van der Waals surface area contributed by atoms with Crippen LogP contribution in [-0.2, 0) is 40.5 Å². The summed E-state index contributed by atoms with van der Waals surface area (Å²) in [5, 5.41) is 33.9. The van der Waals surface area contributed by atoms with E-state index in [0.29, 0.717) is 0 Å². The van der Waals surface area contributed by atoms with Gasteiger partial charge in [-0.1, -0.05) is 24.3 Å². The normalized spacial score (nSPS) is 11.5. The van der Waals surface area contributed by atoms with E-state index in [-0.39, 0.29) is 216 Å². The van der Waals surface area contributed by atoms with E-state index in [9.17, 15) is 51.9 Å². The maximum Gasteiger partial charge on any atom is 1.00 e. The molecule has 0 atom stereocenters. The van der Waals surface area contributed by atoms with Gasteiger partial charge in [0.15, 0.2) is 0 Å². The van der Waals surface area contributed by atoms with Crippen molar-refractivity contribution < 1.29 is 180 Å². The summed E-state index contributed by atoms with van der Waals surface area (Å²) in [5.74, 6) is -2.80. The van der Waals surface area contributed by atoms with Crippen molar-refractivity contribution in [1.82, 2.24) is 29.9 Å². The first kappa shape index (κ1) is 60.6. The van der Waals surface area contributed by atoms with Crippen molar-refractivity contribution in [2.45, 2.75) is 9.79 Å². The summed E-state index contributed by atoms with van der Waals surface area (Å²) in [6.07, 6.45) is 2.12. The number of hydrogen-bond donors (Lipinski definition) is 8. The van der Waals surface area contributed by atoms with E-state index in [1.807, 2.05) is 0 Å². The van der Waals surface area contributed by atoms with E-state index in [4.69, 9.17) is 10.2 Å². The zero-order valence-electron chi connectivity index (χ0n) is 33.4. The van der Waals surface area contributed by atoms with Crippen LogP contribution in [0, 0.1) is 0 Å². The van der Waals surface area contributed by atoms with Gasteiger partial charge in [0.25, 0.3) is 0 Å². The molecule has 4 aromatic rings. The molecule has 0 bridgehead atoms. The van der Waals surface area contributed by atoms with E-state index in [1.54, 1.807) is 0 Å². The van der Waals surface area contributed by atoms with Gasteiger partial charge in [0, 0.05) is 37.6 Å². The molecular formula is C28H32N12Na4O14S4. The maximum absolute atomic E-state index is 12.3. The van der Waals surface area contributed by atoms with Crippen molar-refractivity contribution in [2.24, 2.45) is 0 Å². The number of aliphatic hydroxyl groups is 2. The average Bonchev–Trinajstić information content (AvgIpc) is 3.11. The van der Waals surface area contributed by atoms with Crippen LogP contribution >= 0.6 is 0 Å². The van der Waals surface area contributed by atoms with Gasteiger partial charge in [0.05, 0.1) is 54.7 Å². The molecule has 62 heavy (non-hydrogen) atoms. The monoisotopic (exact) mass is 980 g/mol. The molecule has 26 nitrogen and oxygen atoms in total. The number of aliphatic hydroxyl groups excluding tert-OH is 2. The second-order valence-corrected chi connectivity index (χ2v) is 17.0. The first-order chi connectivity index (χ1) is 27.1. The third-order valence-electron chi connectivity index (χ3n) is 6.85. The minimum absolute atomic E-state index is 0. The Morgan fingerprint density at radius 3 is 1.03 bits per heavy atom. The van der Waals surface area contributed by atoms with Gasteiger partial charge in [-0.2, -0.15) is 29.9 Å². The van der Waals surface area contributed by atoms with Gasteiger partial charge in [0.2, 0.25) is 35.7 Å². The zero-order valence-corrected chi connectivity index (χ0v) is 44.7. The molecule has 0 aliphatic heterocycles. The molecule has 0 aliphatic carbocycles. The number of anilines is 8. The van der Waals surface area contributed by atoms with E-state index >= 15 is 0 Å². The summed E-state index contributed by atoms with van der Waals surface area (Å²) in [7, 11) is -19.6. The molecule has 2 aromatic carbocycles. The largest absolute Gasteiger partial charge is 1.00 e. The molecule has 0 spiro atoms. The number of rotatable bonds is 22. The smallest absolute Gasteiger partial charge is 0.748 e. The molecule has 316 valence electrons. The quantitative estimate of drug-likeness (QED) is 0.0206. The maximum atomic E-state index is 12.3. The Balaban J connectivity index is 0.00000930. The Kier molecular flexibility index (Phi) is 26.6. The number of benzene rings is 2. The summed E-state index contributed by atoms with van der Waals surface area (Å²) < 4.78 is 140. The molecule has 2 heterocycles. The van der Waals surface area contributed by atoms with Crippen molar-refractivity contribution in [3.63, 3.8) is 0 Å². The van der Waals surface area contributed by atoms with Crippen LogP contribution in [0.5, 0.6) is 0 Å². The topological polar surface area (TPSA) is 419 Å². The third kappa shape index (κ3) is 21.2. The van der Waals surface area contributed by atoms with Gasteiger partial charge in [-0.05, 0) is 35.4 Å². The van der Waals surface area contributed by atoms with E-state index < -0.39 is 61.8 Å². The number of nitrogens with zero attached hydrogens (tertiary/aromatic N) is 6. The van der Waals surface area contributed by atoms with Gasteiger partial charge in [0.1, 0.15) is 20.2 Å². The van der Waals surface area contributed by atoms with Gasteiger partial charge >= 0.3 is 118 Å². The van der Waals surface area contributed by atoms with Crippen LogP contribution in [0.1, 0.15) is 11.1 Å². The number of aromatic nitrogens is 6. The summed E-state index contributed by atoms with van der Waals surface area (Å²) in [6.45, 7) is -1.46. The molecule has 0 saturated heterocycles. The second-order valence-electron chi connectivity index (χ2n) is 11.3. The molecule has 0 aliphatic rings. The van der Waals surface area contributed by atoms with Gasteiger partial charge < -0.3 is 60.3 Å². The first-order valence-electron chi connectivity index (χ1n) is 16.1. The minimum Gasteiger partial charge on any atom is -0.748 e. The van der Waals surface area contributed by atoms with Crippen LogP contribution in [0.2, 0.25) is 0 Å². The molecule has 0 radical (unpaired) electrons. The van der Waals surface area contributed by atoms with E-state index in [1.165, 1.54) is 12.1 Å². The fourth-order valence-corrected chi connectivity index (χ4v) is 6.56. The second kappa shape index (κ2) is 27.3. The van der Waals surface area contributed by atoms with Crippen LogP contribution in [-0.4, -0.2) is 143 Å². The SMILES string of the molecule is O=S(=O)([O-])CCNc1nc(NCCO)nc(Nc2ccc(/C=C/c3ccc(Nc4nc(NCCO)nc(NCCS(=O)(=O)[O-])n4)cc3S(=O)(=O)[O-])c(S(=O)(=O)[O-])c2)n1.[Na+].[Na+].[Na+].[Na+]. The van der Waals surface area contributed by atoms with Crippen LogP contribution in [0.3, 0.4) is 0 Å². The van der Waals surface area contributed by atoms with Gasteiger partial charge in [-0.3, -0.25) is 0 Å². The van der Waals surface area contributed by atoms with Crippen LogP contribution in [0.15, 0.2) is 46.2 Å². The molecule has 2 aromatic heterocycles. The van der Waals surface area contributed by atoms with Crippen molar-refractivity contribution >= 4 is 99.7 Å². The predicted molar refractivity (Wildman–Crippen MR) is 201 cm³/mol. The Morgan fingerprint density at radius 2 is 0.758 bits per heavy atom. The van der Waals surface area contributed by atoms with Crippen LogP contribution < -0.4 is 150 Å². The Hall–Kier alpha value is -1.44. The molecule has 0 fully saturated rings. The predicted octanol–water partition coefficient (Wildman–Crippen LogP) is -13.7. The molecular weight excluding hydrogens is 949 g/mol. The Labute approximate surface area is 444 Å². The molecule has 0 amide bonds. The van der Waals surface area contributed by atoms with Crippen molar-refractivity contribution in [2.75, 3.05) is 82.8 Å². The summed E-state index contributed by atoms with van der Waals surface area (Å²) in [6, 6.07) is 6.71. The van der Waals surface area contributed by atoms with Crippen molar-refractivity contribution in [1.29, 1.82) is 0 Å². The van der Waals surface area contributed by atoms with Crippen LogP contribution in [0.4, 0.5) is 47.1 Å². The van der Waals surface area contributed by atoms with Crippen LogP contribution in [0.25, 0.3) is 12.2 Å². The fraction of sp³-hybridized carbons (Fsp3) is 0.286. The van der Waals surface area contributed by atoms with Gasteiger partial charge in [-0.15, -0.1) is 0 Å². The minimum atomic E-state index is -5.23. The molecule has 8 N–H and O–H groups in total. The molecule has 0 unspecified atom stereocenters. The molecule has 34 heteroatoms.